The topological polar surface area (TPSA) is 94.0 Å². The van der Waals surface area contributed by atoms with Crippen LogP contribution in [0.15, 0.2) is 18.3 Å². The summed E-state index contributed by atoms with van der Waals surface area (Å²) in [4.78, 5) is 14.1. The first kappa shape index (κ1) is 7.33. The highest BCUT2D eigenvalue weighted by molar-refractivity contribution is 5.89. The van der Waals surface area contributed by atoms with Gasteiger partial charge in [-0.3, -0.25) is 5.32 Å². The van der Waals surface area contributed by atoms with Gasteiger partial charge < -0.3 is 11.5 Å². The number of amides is 2. The number of anilines is 2. The number of rotatable bonds is 1. The monoisotopic (exact) mass is 152 g/mol. The highest BCUT2D eigenvalue weighted by atomic mass is 16.2. The maximum absolute atomic E-state index is 10.3. The van der Waals surface area contributed by atoms with Crippen molar-refractivity contribution in [2.45, 2.75) is 0 Å². The van der Waals surface area contributed by atoms with Crippen LogP contribution in [0.25, 0.3) is 0 Å². The molecule has 1 heterocycles. The quantitative estimate of drug-likeness (QED) is 0.534. The number of nitrogens with one attached hydrogen (secondary N) is 1. The summed E-state index contributed by atoms with van der Waals surface area (Å²) in [5, 5.41) is 2.28. The van der Waals surface area contributed by atoms with Gasteiger partial charge in [-0.25, -0.2) is 9.78 Å². The fourth-order valence-corrected chi connectivity index (χ4v) is 0.639. The van der Waals surface area contributed by atoms with E-state index < -0.39 is 6.03 Å². The molecule has 1 aromatic heterocycles. The Kier molecular flexibility index (Phi) is 1.91. The SMILES string of the molecule is NC(=O)Nc1ncccc1N. The summed E-state index contributed by atoms with van der Waals surface area (Å²) in [6.45, 7) is 0. The third-order valence-electron chi connectivity index (χ3n) is 1.08. The molecule has 0 fully saturated rings. The highest BCUT2D eigenvalue weighted by Crippen LogP contribution is 2.11. The third-order valence-corrected chi connectivity index (χ3v) is 1.08. The van der Waals surface area contributed by atoms with Gasteiger partial charge in [0.2, 0.25) is 0 Å². The second-order valence-electron chi connectivity index (χ2n) is 1.93. The Morgan fingerprint density at radius 2 is 2.36 bits per heavy atom. The number of pyridine rings is 1. The molecule has 0 aliphatic rings. The van der Waals surface area contributed by atoms with E-state index in [0.29, 0.717) is 11.5 Å². The van der Waals surface area contributed by atoms with E-state index in [2.05, 4.69) is 10.3 Å². The van der Waals surface area contributed by atoms with Crippen LogP contribution >= 0.6 is 0 Å². The minimum absolute atomic E-state index is 0.292. The first-order valence-electron chi connectivity index (χ1n) is 2.97. The van der Waals surface area contributed by atoms with Crippen LogP contribution in [0.2, 0.25) is 0 Å². The number of hydrogen-bond donors (Lipinski definition) is 3. The summed E-state index contributed by atoms with van der Waals surface area (Å²) in [5.41, 5.74) is 10.7. The van der Waals surface area contributed by atoms with Gasteiger partial charge in [0.05, 0.1) is 5.69 Å². The zero-order chi connectivity index (χ0) is 8.27. The largest absolute Gasteiger partial charge is 0.396 e. The molecule has 2 amide bonds. The maximum atomic E-state index is 10.3. The van der Waals surface area contributed by atoms with E-state index in [4.69, 9.17) is 11.5 Å². The number of hydrogen-bond acceptors (Lipinski definition) is 3. The molecular formula is C6H8N4O. The molecule has 1 rings (SSSR count). The van der Waals surface area contributed by atoms with E-state index in [1.54, 1.807) is 12.1 Å². The molecule has 0 spiro atoms. The van der Waals surface area contributed by atoms with Crippen molar-refractivity contribution in [3.8, 4) is 0 Å². The maximum Gasteiger partial charge on any atom is 0.317 e. The second kappa shape index (κ2) is 2.87. The molecule has 0 unspecified atom stereocenters. The van der Waals surface area contributed by atoms with Gasteiger partial charge in [-0.15, -0.1) is 0 Å². The lowest BCUT2D eigenvalue weighted by Gasteiger charge is -2.01. The highest BCUT2D eigenvalue weighted by Gasteiger charge is 1.99. The molecular weight excluding hydrogens is 144 g/mol. The lowest BCUT2D eigenvalue weighted by atomic mass is 10.4. The van der Waals surface area contributed by atoms with Gasteiger partial charge in [-0.05, 0) is 12.1 Å². The van der Waals surface area contributed by atoms with Gasteiger partial charge >= 0.3 is 6.03 Å². The summed E-state index contributed by atoms with van der Waals surface area (Å²) in [5.74, 6) is 0.292. The first-order chi connectivity index (χ1) is 5.20. The van der Waals surface area contributed by atoms with Crippen molar-refractivity contribution >= 4 is 17.5 Å². The van der Waals surface area contributed by atoms with Crippen LogP contribution in [0.5, 0.6) is 0 Å². The Balaban J connectivity index is 2.86. The van der Waals surface area contributed by atoms with Crippen LogP contribution in [0.4, 0.5) is 16.3 Å². The van der Waals surface area contributed by atoms with Gasteiger partial charge in [0.25, 0.3) is 0 Å². The number of carbonyl (C=O) groups excluding carboxylic acids is 1. The standard InChI is InChI=1S/C6H8N4O/c7-4-2-1-3-9-5(4)10-6(8)11/h1-3H,7H2,(H3,8,9,10,11). The van der Waals surface area contributed by atoms with Gasteiger partial charge in [-0.1, -0.05) is 0 Å². The van der Waals surface area contributed by atoms with Crippen molar-refractivity contribution in [1.82, 2.24) is 4.98 Å². The molecule has 0 aromatic carbocycles. The predicted molar refractivity (Wildman–Crippen MR) is 41.9 cm³/mol. The lowest BCUT2D eigenvalue weighted by Crippen LogP contribution is -2.20. The fraction of sp³-hybridized carbons (Fsp3) is 0. The van der Waals surface area contributed by atoms with Crippen LogP contribution in [0.1, 0.15) is 0 Å². The summed E-state index contributed by atoms with van der Waals surface area (Å²) in [7, 11) is 0. The van der Waals surface area contributed by atoms with Crippen molar-refractivity contribution in [3.05, 3.63) is 18.3 Å². The third kappa shape index (κ3) is 1.82. The molecule has 5 nitrogen and oxygen atoms in total. The number of primary amides is 1. The molecule has 0 radical (unpaired) electrons. The van der Waals surface area contributed by atoms with E-state index >= 15 is 0 Å². The number of aromatic nitrogens is 1. The fourth-order valence-electron chi connectivity index (χ4n) is 0.639. The van der Waals surface area contributed by atoms with Gasteiger partial charge in [0.15, 0.2) is 5.82 Å². The molecule has 0 aliphatic carbocycles. The zero-order valence-electron chi connectivity index (χ0n) is 5.74. The van der Waals surface area contributed by atoms with Crippen LogP contribution in [-0.4, -0.2) is 11.0 Å². The van der Waals surface area contributed by atoms with Crippen molar-refractivity contribution < 1.29 is 4.79 Å². The molecule has 11 heavy (non-hydrogen) atoms. The van der Waals surface area contributed by atoms with E-state index in [1.165, 1.54) is 6.20 Å². The summed E-state index contributed by atoms with van der Waals surface area (Å²) >= 11 is 0. The van der Waals surface area contributed by atoms with Gasteiger partial charge in [0, 0.05) is 6.20 Å². The minimum Gasteiger partial charge on any atom is -0.396 e. The van der Waals surface area contributed by atoms with E-state index in [0.717, 1.165) is 0 Å². The number of nitrogens with two attached hydrogens (primary N) is 2. The Morgan fingerprint density at radius 1 is 1.64 bits per heavy atom. The minimum atomic E-state index is -0.671. The van der Waals surface area contributed by atoms with Crippen LogP contribution in [0.3, 0.4) is 0 Å². The number of nitrogens with zero attached hydrogens (tertiary/aromatic N) is 1. The summed E-state index contributed by atoms with van der Waals surface area (Å²) < 4.78 is 0. The van der Waals surface area contributed by atoms with Gasteiger partial charge in [-0.2, -0.15) is 0 Å². The van der Waals surface area contributed by atoms with Gasteiger partial charge in [0.1, 0.15) is 0 Å². The number of nitrogen functional groups attached to an aromatic ring is 1. The lowest BCUT2D eigenvalue weighted by molar-refractivity contribution is 0.259. The van der Waals surface area contributed by atoms with E-state index in [9.17, 15) is 4.79 Å². The molecule has 1 aromatic rings. The Morgan fingerprint density at radius 3 is 2.91 bits per heavy atom. The molecule has 0 atom stereocenters. The number of urea groups is 1. The van der Waals surface area contributed by atoms with Crippen LogP contribution in [0, 0.1) is 0 Å². The Bertz CT molecular complexity index is 273. The molecule has 58 valence electrons. The average molecular weight is 152 g/mol. The molecule has 5 N–H and O–H groups in total. The Labute approximate surface area is 63.4 Å². The van der Waals surface area contributed by atoms with Crippen LogP contribution in [-0.2, 0) is 0 Å². The predicted octanol–water partition coefficient (Wildman–Crippen LogP) is 0.154. The average Bonchev–Trinajstić information content (AvgIpc) is 1.93. The molecule has 0 saturated heterocycles. The summed E-state index contributed by atoms with van der Waals surface area (Å²) in [6, 6.07) is 2.62. The van der Waals surface area contributed by atoms with Crippen molar-refractivity contribution in [1.29, 1.82) is 0 Å². The van der Waals surface area contributed by atoms with E-state index in [1.807, 2.05) is 0 Å². The van der Waals surface area contributed by atoms with Crippen molar-refractivity contribution in [2.75, 3.05) is 11.1 Å². The second-order valence-corrected chi connectivity index (χ2v) is 1.93. The summed E-state index contributed by atoms with van der Waals surface area (Å²) in [6.07, 6.45) is 1.52. The smallest absolute Gasteiger partial charge is 0.317 e. The molecule has 5 heteroatoms. The van der Waals surface area contributed by atoms with Crippen molar-refractivity contribution in [3.63, 3.8) is 0 Å². The Hall–Kier alpha value is -1.78. The number of carbonyl (C=O) groups is 1. The van der Waals surface area contributed by atoms with Crippen molar-refractivity contribution in [2.24, 2.45) is 5.73 Å². The molecule has 0 aliphatic heterocycles. The van der Waals surface area contributed by atoms with E-state index in [-0.39, 0.29) is 0 Å². The molecule has 0 saturated carbocycles. The van der Waals surface area contributed by atoms with Crippen LogP contribution < -0.4 is 16.8 Å². The normalized spacial score (nSPS) is 9.09. The first-order valence-corrected chi connectivity index (χ1v) is 2.97. The zero-order valence-corrected chi connectivity index (χ0v) is 5.74. The molecule has 0 bridgehead atoms.